The Hall–Kier alpha value is -2.91. The van der Waals surface area contributed by atoms with Gasteiger partial charge in [0, 0.05) is 37.3 Å². The Kier molecular flexibility index (Phi) is 7.07. The number of rotatable bonds is 8. The first-order chi connectivity index (χ1) is 14.4. The highest BCUT2D eigenvalue weighted by Gasteiger charge is 2.27. The predicted octanol–water partition coefficient (Wildman–Crippen LogP) is 1.73. The fraction of sp³-hybridized carbons (Fsp3) is 0.333. The average Bonchev–Trinajstić information content (AvgIpc) is 3.29. The molecule has 0 spiro atoms. The second-order valence-electron chi connectivity index (χ2n) is 7.05. The standard InChI is InChI=1S/C21H25N3O5S/c25-18-6-3-5-17(15-18)21(27)23-12-4-11-22-20(26)16-7-9-19(10-8-16)30(28,29)24-13-1-2-14-24/h3,5-10,15,25H,1-2,4,11-14H2,(H,22,26)(H,23,27). The van der Waals surface area contributed by atoms with Crippen LogP contribution in [0.15, 0.2) is 53.4 Å². The fourth-order valence-electron chi connectivity index (χ4n) is 3.20. The van der Waals surface area contributed by atoms with E-state index >= 15 is 0 Å². The SMILES string of the molecule is O=C(NCCCNC(=O)c1cccc(O)c1)c1ccc(S(=O)(=O)N2CCCC2)cc1. The van der Waals surface area contributed by atoms with Crippen molar-refractivity contribution < 1.29 is 23.1 Å². The van der Waals surface area contributed by atoms with Gasteiger partial charge in [-0.3, -0.25) is 9.59 Å². The molecule has 2 amide bonds. The van der Waals surface area contributed by atoms with Gasteiger partial charge in [0.2, 0.25) is 10.0 Å². The molecule has 9 heteroatoms. The van der Waals surface area contributed by atoms with Crippen LogP contribution < -0.4 is 10.6 Å². The lowest BCUT2D eigenvalue weighted by molar-refractivity contribution is 0.0951. The van der Waals surface area contributed by atoms with Crippen molar-refractivity contribution >= 4 is 21.8 Å². The van der Waals surface area contributed by atoms with Crippen LogP contribution in [0.3, 0.4) is 0 Å². The van der Waals surface area contributed by atoms with Crippen LogP contribution in [0, 0.1) is 0 Å². The Morgan fingerprint density at radius 2 is 1.50 bits per heavy atom. The quantitative estimate of drug-likeness (QED) is 0.551. The Morgan fingerprint density at radius 1 is 0.900 bits per heavy atom. The molecule has 3 rings (SSSR count). The van der Waals surface area contributed by atoms with Crippen molar-refractivity contribution in [3.8, 4) is 5.75 Å². The highest BCUT2D eigenvalue weighted by molar-refractivity contribution is 7.89. The fourth-order valence-corrected chi connectivity index (χ4v) is 4.72. The molecule has 160 valence electrons. The van der Waals surface area contributed by atoms with E-state index < -0.39 is 10.0 Å². The van der Waals surface area contributed by atoms with E-state index in [0.717, 1.165) is 12.8 Å². The van der Waals surface area contributed by atoms with Gasteiger partial charge in [-0.25, -0.2) is 8.42 Å². The van der Waals surface area contributed by atoms with Gasteiger partial charge in [-0.05, 0) is 61.7 Å². The number of nitrogens with one attached hydrogen (secondary N) is 2. The minimum absolute atomic E-state index is 0.0224. The molecule has 0 radical (unpaired) electrons. The summed E-state index contributed by atoms with van der Waals surface area (Å²) in [5.41, 5.74) is 0.738. The molecule has 0 unspecified atom stereocenters. The number of hydrogen-bond acceptors (Lipinski definition) is 5. The van der Waals surface area contributed by atoms with E-state index in [0.29, 0.717) is 43.7 Å². The maximum Gasteiger partial charge on any atom is 0.251 e. The summed E-state index contributed by atoms with van der Waals surface area (Å²) in [5.74, 6) is -0.583. The number of phenols is 1. The first kappa shape index (κ1) is 21.8. The van der Waals surface area contributed by atoms with E-state index in [-0.39, 0.29) is 22.5 Å². The molecule has 1 fully saturated rings. The van der Waals surface area contributed by atoms with Crippen molar-refractivity contribution in [1.29, 1.82) is 0 Å². The molecular weight excluding hydrogens is 406 g/mol. The van der Waals surface area contributed by atoms with Crippen molar-refractivity contribution in [1.82, 2.24) is 14.9 Å². The summed E-state index contributed by atoms with van der Waals surface area (Å²) >= 11 is 0. The second kappa shape index (κ2) is 9.73. The molecule has 1 aliphatic heterocycles. The average molecular weight is 432 g/mol. The first-order valence-electron chi connectivity index (χ1n) is 9.83. The maximum absolute atomic E-state index is 12.5. The van der Waals surface area contributed by atoms with E-state index in [2.05, 4.69) is 10.6 Å². The number of carbonyl (C=O) groups excluding carboxylic acids is 2. The predicted molar refractivity (Wildman–Crippen MR) is 112 cm³/mol. The smallest absolute Gasteiger partial charge is 0.251 e. The zero-order valence-electron chi connectivity index (χ0n) is 16.5. The van der Waals surface area contributed by atoms with Crippen LogP contribution in [0.4, 0.5) is 0 Å². The highest BCUT2D eigenvalue weighted by Crippen LogP contribution is 2.21. The Labute approximate surface area is 176 Å². The topological polar surface area (TPSA) is 116 Å². The summed E-state index contributed by atoms with van der Waals surface area (Å²) in [7, 11) is -3.49. The Morgan fingerprint density at radius 3 is 2.10 bits per heavy atom. The van der Waals surface area contributed by atoms with Gasteiger partial charge < -0.3 is 15.7 Å². The number of carbonyl (C=O) groups is 2. The summed E-state index contributed by atoms with van der Waals surface area (Å²) in [6.45, 7) is 1.79. The zero-order chi connectivity index (χ0) is 21.6. The van der Waals surface area contributed by atoms with E-state index in [1.165, 1.54) is 40.7 Å². The van der Waals surface area contributed by atoms with Crippen molar-refractivity contribution in [2.24, 2.45) is 0 Å². The van der Waals surface area contributed by atoms with Gasteiger partial charge in [0.15, 0.2) is 0 Å². The monoisotopic (exact) mass is 431 g/mol. The normalized spacial score (nSPS) is 14.4. The van der Waals surface area contributed by atoms with Crippen molar-refractivity contribution in [3.63, 3.8) is 0 Å². The number of benzene rings is 2. The van der Waals surface area contributed by atoms with Crippen LogP contribution >= 0.6 is 0 Å². The molecule has 1 heterocycles. The van der Waals surface area contributed by atoms with Gasteiger partial charge in [0.1, 0.15) is 5.75 Å². The molecule has 0 atom stereocenters. The third-order valence-electron chi connectivity index (χ3n) is 4.85. The lowest BCUT2D eigenvalue weighted by Crippen LogP contribution is -2.30. The molecule has 1 saturated heterocycles. The Bertz CT molecular complexity index is 1000. The number of amides is 2. The largest absolute Gasteiger partial charge is 0.508 e. The number of nitrogens with zero attached hydrogens (tertiary/aromatic N) is 1. The van der Waals surface area contributed by atoms with Crippen LogP contribution in [0.5, 0.6) is 5.75 Å². The van der Waals surface area contributed by atoms with Gasteiger partial charge >= 0.3 is 0 Å². The molecule has 8 nitrogen and oxygen atoms in total. The van der Waals surface area contributed by atoms with E-state index in [4.69, 9.17) is 0 Å². The van der Waals surface area contributed by atoms with Gasteiger partial charge in [0.05, 0.1) is 4.90 Å². The van der Waals surface area contributed by atoms with Crippen LogP contribution in [0.1, 0.15) is 40.0 Å². The molecule has 1 aliphatic rings. The molecule has 0 aliphatic carbocycles. The number of aromatic hydroxyl groups is 1. The molecule has 2 aromatic carbocycles. The summed E-state index contributed by atoms with van der Waals surface area (Å²) < 4.78 is 26.5. The van der Waals surface area contributed by atoms with E-state index in [1.54, 1.807) is 12.1 Å². The molecule has 0 saturated carbocycles. The van der Waals surface area contributed by atoms with Crippen molar-refractivity contribution in [2.45, 2.75) is 24.2 Å². The summed E-state index contributed by atoms with van der Waals surface area (Å²) in [6, 6.07) is 12.0. The maximum atomic E-state index is 12.5. The van der Waals surface area contributed by atoms with Crippen LogP contribution in [0.25, 0.3) is 0 Å². The molecular formula is C21H25N3O5S. The third kappa shape index (κ3) is 5.37. The minimum Gasteiger partial charge on any atom is -0.508 e. The van der Waals surface area contributed by atoms with Gasteiger partial charge in [-0.1, -0.05) is 6.07 Å². The second-order valence-corrected chi connectivity index (χ2v) is 8.99. The lowest BCUT2D eigenvalue weighted by atomic mass is 10.2. The third-order valence-corrected chi connectivity index (χ3v) is 6.77. The highest BCUT2D eigenvalue weighted by atomic mass is 32.2. The van der Waals surface area contributed by atoms with Crippen LogP contribution in [-0.4, -0.2) is 55.8 Å². The molecule has 30 heavy (non-hydrogen) atoms. The Balaban J connectivity index is 1.43. The van der Waals surface area contributed by atoms with E-state index in [9.17, 15) is 23.1 Å². The summed E-state index contributed by atoms with van der Waals surface area (Å²) in [4.78, 5) is 24.4. The van der Waals surface area contributed by atoms with Gasteiger partial charge in [-0.2, -0.15) is 4.31 Å². The molecule has 2 aromatic rings. The molecule has 3 N–H and O–H groups in total. The molecule has 0 bridgehead atoms. The number of phenolic OH excluding ortho intramolecular Hbond substituents is 1. The van der Waals surface area contributed by atoms with Crippen molar-refractivity contribution in [3.05, 3.63) is 59.7 Å². The van der Waals surface area contributed by atoms with Gasteiger partial charge in [-0.15, -0.1) is 0 Å². The minimum atomic E-state index is -3.49. The van der Waals surface area contributed by atoms with Gasteiger partial charge in [0.25, 0.3) is 11.8 Å². The van der Waals surface area contributed by atoms with E-state index in [1.807, 2.05) is 0 Å². The first-order valence-corrected chi connectivity index (χ1v) is 11.3. The number of hydrogen-bond donors (Lipinski definition) is 3. The zero-order valence-corrected chi connectivity index (χ0v) is 17.3. The summed E-state index contributed by atoms with van der Waals surface area (Å²) in [5, 5.41) is 14.9. The number of sulfonamides is 1. The van der Waals surface area contributed by atoms with Crippen LogP contribution in [0.2, 0.25) is 0 Å². The summed E-state index contributed by atoms with van der Waals surface area (Å²) in [6.07, 6.45) is 2.26. The van der Waals surface area contributed by atoms with Crippen LogP contribution in [-0.2, 0) is 10.0 Å². The molecule has 0 aromatic heterocycles. The van der Waals surface area contributed by atoms with Crippen molar-refractivity contribution in [2.75, 3.05) is 26.2 Å². The lowest BCUT2D eigenvalue weighted by Gasteiger charge is -2.15.